The normalized spacial score (nSPS) is 24.8. The van der Waals surface area contributed by atoms with Gasteiger partial charge in [-0.15, -0.1) is 0 Å². The Morgan fingerprint density at radius 2 is 2.00 bits per heavy atom. The van der Waals surface area contributed by atoms with Crippen LogP contribution in [-0.4, -0.2) is 30.4 Å². The predicted molar refractivity (Wildman–Crippen MR) is 82.1 cm³/mol. The van der Waals surface area contributed by atoms with Gasteiger partial charge in [-0.1, -0.05) is 12.5 Å². The lowest BCUT2D eigenvalue weighted by atomic mass is 10.0. The molecular weight excluding hydrogens is 248 g/mol. The number of anilines is 1. The summed E-state index contributed by atoms with van der Waals surface area (Å²) in [6, 6.07) is 6.09. The van der Waals surface area contributed by atoms with Crippen LogP contribution >= 0.6 is 0 Å². The molecule has 3 rings (SSSR count). The van der Waals surface area contributed by atoms with E-state index < -0.39 is 0 Å². The van der Waals surface area contributed by atoms with E-state index in [1.807, 2.05) is 12.1 Å². The third-order valence-electron chi connectivity index (χ3n) is 4.79. The molecule has 1 saturated carbocycles. The zero-order valence-electron chi connectivity index (χ0n) is 12.5. The summed E-state index contributed by atoms with van der Waals surface area (Å²) in [6.45, 7) is 6.90. The smallest absolute Gasteiger partial charge is 0.255 e. The monoisotopic (exact) mass is 272 g/mol. The van der Waals surface area contributed by atoms with Gasteiger partial charge in [-0.3, -0.25) is 4.79 Å². The predicted octanol–water partition coefficient (Wildman–Crippen LogP) is 3.30. The number of carbonyl (C=O) groups is 1. The number of nitrogens with zero attached hydrogens (tertiary/aromatic N) is 1. The number of aryl methyl sites for hydroxylation is 1. The zero-order chi connectivity index (χ0) is 14.1. The number of amides is 1. The van der Waals surface area contributed by atoms with Crippen LogP contribution in [0.4, 0.5) is 5.69 Å². The molecule has 1 amide bonds. The molecule has 1 aliphatic carbocycles. The lowest BCUT2D eigenvalue weighted by Crippen LogP contribution is -2.30. The number of benzene rings is 1. The first-order valence-corrected chi connectivity index (χ1v) is 7.83. The van der Waals surface area contributed by atoms with Crippen LogP contribution in [0.25, 0.3) is 0 Å². The van der Waals surface area contributed by atoms with E-state index in [2.05, 4.69) is 30.1 Å². The summed E-state index contributed by atoms with van der Waals surface area (Å²) >= 11 is 0. The first-order valence-electron chi connectivity index (χ1n) is 7.83. The molecule has 108 valence electrons. The maximum atomic E-state index is 12.8. The van der Waals surface area contributed by atoms with Gasteiger partial charge in [-0.25, -0.2) is 0 Å². The summed E-state index contributed by atoms with van der Waals surface area (Å²) in [5.41, 5.74) is 3.00. The van der Waals surface area contributed by atoms with Gasteiger partial charge in [-0.05, 0) is 56.2 Å². The third-order valence-corrected chi connectivity index (χ3v) is 4.79. The van der Waals surface area contributed by atoms with Crippen LogP contribution in [0.2, 0.25) is 0 Å². The minimum absolute atomic E-state index is 0.204. The zero-order valence-corrected chi connectivity index (χ0v) is 12.5. The van der Waals surface area contributed by atoms with E-state index in [0.717, 1.165) is 42.7 Å². The molecule has 2 aliphatic rings. The Morgan fingerprint density at radius 1 is 1.30 bits per heavy atom. The van der Waals surface area contributed by atoms with Crippen molar-refractivity contribution in [2.45, 2.75) is 33.1 Å². The topological polar surface area (TPSA) is 32.3 Å². The fourth-order valence-electron chi connectivity index (χ4n) is 3.75. The summed E-state index contributed by atoms with van der Waals surface area (Å²) in [5, 5.41) is 3.32. The Balaban J connectivity index is 1.80. The van der Waals surface area contributed by atoms with Crippen LogP contribution in [0.15, 0.2) is 18.2 Å². The fourth-order valence-corrected chi connectivity index (χ4v) is 3.75. The van der Waals surface area contributed by atoms with E-state index in [-0.39, 0.29) is 5.91 Å². The van der Waals surface area contributed by atoms with Crippen molar-refractivity contribution in [1.29, 1.82) is 0 Å². The molecule has 1 saturated heterocycles. The second-order valence-electron chi connectivity index (χ2n) is 6.24. The van der Waals surface area contributed by atoms with Gasteiger partial charge in [0, 0.05) is 25.3 Å². The number of fused-ring (bicyclic) bond motifs is 1. The Hall–Kier alpha value is -1.51. The molecule has 0 aromatic heterocycles. The van der Waals surface area contributed by atoms with Crippen molar-refractivity contribution >= 4 is 11.6 Å². The van der Waals surface area contributed by atoms with Crippen molar-refractivity contribution in [2.75, 3.05) is 25.0 Å². The molecule has 2 fully saturated rings. The van der Waals surface area contributed by atoms with Crippen molar-refractivity contribution in [2.24, 2.45) is 11.8 Å². The second-order valence-corrected chi connectivity index (χ2v) is 6.24. The minimum Gasteiger partial charge on any atom is -0.385 e. The van der Waals surface area contributed by atoms with Crippen LogP contribution in [0.3, 0.4) is 0 Å². The second kappa shape index (κ2) is 5.47. The van der Waals surface area contributed by atoms with E-state index in [9.17, 15) is 4.79 Å². The summed E-state index contributed by atoms with van der Waals surface area (Å²) in [4.78, 5) is 14.8. The van der Waals surface area contributed by atoms with E-state index in [0.29, 0.717) is 0 Å². The van der Waals surface area contributed by atoms with Crippen LogP contribution in [0.5, 0.6) is 0 Å². The highest BCUT2D eigenvalue weighted by atomic mass is 16.2. The molecule has 0 radical (unpaired) electrons. The highest BCUT2D eigenvalue weighted by molar-refractivity contribution is 6.00. The molecule has 1 aromatic carbocycles. The van der Waals surface area contributed by atoms with Gasteiger partial charge in [0.2, 0.25) is 0 Å². The highest BCUT2D eigenvalue weighted by Crippen LogP contribution is 2.38. The number of hydrogen-bond acceptors (Lipinski definition) is 2. The summed E-state index contributed by atoms with van der Waals surface area (Å²) < 4.78 is 0. The van der Waals surface area contributed by atoms with Crippen LogP contribution in [0, 0.1) is 18.8 Å². The summed E-state index contributed by atoms with van der Waals surface area (Å²) in [6.07, 6.45) is 3.97. The first kappa shape index (κ1) is 13.5. The van der Waals surface area contributed by atoms with Gasteiger partial charge in [0.1, 0.15) is 0 Å². The molecule has 1 aromatic rings. The molecule has 2 atom stereocenters. The van der Waals surface area contributed by atoms with Gasteiger partial charge in [0.15, 0.2) is 0 Å². The standard InChI is InChI=1S/C17H24N2O/c1-3-18-16-9-12(2)7-8-15(16)17(20)19-10-13-5-4-6-14(13)11-19/h7-9,13-14,18H,3-6,10-11H2,1-2H3. The van der Waals surface area contributed by atoms with Gasteiger partial charge in [0.05, 0.1) is 5.56 Å². The van der Waals surface area contributed by atoms with Crippen molar-refractivity contribution < 1.29 is 4.79 Å². The number of hydrogen-bond donors (Lipinski definition) is 1. The lowest BCUT2D eigenvalue weighted by Gasteiger charge is -2.20. The highest BCUT2D eigenvalue weighted by Gasteiger charge is 2.38. The molecule has 1 N–H and O–H groups in total. The van der Waals surface area contributed by atoms with Gasteiger partial charge in [-0.2, -0.15) is 0 Å². The van der Waals surface area contributed by atoms with E-state index >= 15 is 0 Å². The largest absolute Gasteiger partial charge is 0.385 e. The number of carbonyl (C=O) groups excluding carboxylic acids is 1. The molecule has 1 heterocycles. The Bertz CT molecular complexity index is 500. The van der Waals surface area contributed by atoms with Gasteiger partial charge < -0.3 is 10.2 Å². The van der Waals surface area contributed by atoms with Crippen LogP contribution in [-0.2, 0) is 0 Å². The maximum Gasteiger partial charge on any atom is 0.255 e. The first-order chi connectivity index (χ1) is 9.69. The number of likely N-dealkylation sites (tertiary alicyclic amines) is 1. The molecule has 2 unspecified atom stereocenters. The molecule has 3 heteroatoms. The van der Waals surface area contributed by atoms with Gasteiger partial charge in [0.25, 0.3) is 5.91 Å². The Kier molecular flexibility index (Phi) is 3.68. The van der Waals surface area contributed by atoms with Crippen molar-refractivity contribution in [3.05, 3.63) is 29.3 Å². The van der Waals surface area contributed by atoms with Gasteiger partial charge >= 0.3 is 0 Å². The van der Waals surface area contributed by atoms with E-state index in [1.54, 1.807) is 0 Å². The Labute approximate surface area is 121 Å². The molecule has 3 nitrogen and oxygen atoms in total. The third kappa shape index (κ3) is 2.41. The fraction of sp³-hybridized carbons (Fsp3) is 0.588. The SMILES string of the molecule is CCNc1cc(C)ccc1C(=O)N1CC2CCCC2C1. The molecule has 20 heavy (non-hydrogen) atoms. The summed E-state index contributed by atoms with van der Waals surface area (Å²) in [7, 11) is 0. The summed E-state index contributed by atoms with van der Waals surface area (Å²) in [5.74, 6) is 1.72. The van der Waals surface area contributed by atoms with E-state index in [4.69, 9.17) is 0 Å². The number of nitrogens with one attached hydrogen (secondary N) is 1. The molecule has 0 spiro atoms. The minimum atomic E-state index is 0.204. The Morgan fingerprint density at radius 3 is 2.65 bits per heavy atom. The quantitative estimate of drug-likeness (QED) is 0.915. The van der Waals surface area contributed by atoms with Crippen molar-refractivity contribution in [3.63, 3.8) is 0 Å². The lowest BCUT2D eigenvalue weighted by molar-refractivity contribution is 0.0781. The van der Waals surface area contributed by atoms with Crippen LogP contribution < -0.4 is 5.32 Å². The average Bonchev–Trinajstić information content (AvgIpc) is 2.99. The van der Waals surface area contributed by atoms with Crippen molar-refractivity contribution in [1.82, 2.24) is 4.90 Å². The average molecular weight is 272 g/mol. The number of rotatable bonds is 3. The molecule has 1 aliphatic heterocycles. The molecule has 0 bridgehead atoms. The van der Waals surface area contributed by atoms with Crippen molar-refractivity contribution in [3.8, 4) is 0 Å². The van der Waals surface area contributed by atoms with E-state index in [1.165, 1.54) is 24.8 Å². The maximum absolute atomic E-state index is 12.8. The molecular formula is C17H24N2O. The van der Waals surface area contributed by atoms with Crippen LogP contribution in [0.1, 0.15) is 42.1 Å².